The van der Waals surface area contributed by atoms with E-state index < -0.39 is 35.7 Å². The number of carboxylic acid groups (broad SMARTS) is 1. The molecule has 0 fully saturated rings. The summed E-state index contributed by atoms with van der Waals surface area (Å²) >= 11 is 0. The molecule has 0 spiro atoms. The molecular weight excluding hydrogens is 300 g/mol. The third-order valence-corrected chi connectivity index (χ3v) is 2.95. The number of aliphatic carboxylic acids is 1. The number of carboxylic acids is 1. The molecule has 7 heteroatoms. The highest BCUT2D eigenvalue weighted by Gasteiger charge is 2.30. The first-order chi connectivity index (χ1) is 10.3. The van der Waals surface area contributed by atoms with Crippen LogP contribution in [0.2, 0.25) is 0 Å². The molecule has 0 rings (SSSR count). The first-order valence-corrected chi connectivity index (χ1v) is 7.86. The Morgan fingerprint density at radius 1 is 1.04 bits per heavy atom. The minimum absolute atomic E-state index is 0.142. The molecule has 0 aliphatic rings. The number of nitrogens with one attached hydrogen (secondary N) is 2. The van der Waals surface area contributed by atoms with Gasteiger partial charge in [0.25, 0.3) is 0 Å². The monoisotopic (exact) mass is 330 g/mol. The number of amides is 2. The molecule has 0 bridgehead atoms. The average Bonchev–Trinajstić information content (AvgIpc) is 2.30. The van der Waals surface area contributed by atoms with Gasteiger partial charge in [0.05, 0.1) is 0 Å². The zero-order valence-corrected chi connectivity index (χ0v) is 15.1. The minimum atomic E-state index is -1.10. The summed E-state index contributed by atoms with van der Waals surface area (Å²) < 4.78 is 5.15. The van der Waals surface area contributed by atoms with Crippen LogP contribution in [0.25, 0.3) is 0 Å². The van der Waals surface area contributed by atoms with Gasteiger partial charge in [-0.05, 0) is 39.0 Å². The second kappa shape index (κ2) is 8.74. The maximum absolute atomic E-state index is 12.4. The number of alkyl carbamates (subject to hydrolysis) is 1. The van der Waals surface area contributed by atoms with E-state index in [0.717, 1.165) is 0 Å². The summed E-state index contributed by atoms with van der Waals surface area (Å²) in [4.78, 5) is 35.4. The van der Waals surface area contributed by atoms with Gasteiger partial charge < -0.3 is 20.5 Å². The summed E-state index contributed by atoms with van der Waals surface area (Å²) in [5.74, 6) is -1.75. The fraction of sp³-hybridized carbons (Fsp3) is 0.812. The Balaban J connectivity index is 4.98. The zero-order chi connectivity index (χ0) is 18.4. The average molecular weight is 330 g/mol. The van der Waals surface area contributed by atoms with Crippen LogP contribution in [0, 0.1) is 11.8 Å². The second-order valence-electron chi connectivity index (χ2n) is 7.40. The fourth-order valence-electron chi connectivity index (χ4n) is 1.92. The van der Waals surface area contributed by atoms with Crippen molar-refractivity contribution in [2.24, 2.45) is 11.8 Å². The summed E-state index contributed by atoms with van der Waals surface area (Å²) in [7, 11) is 0. The van der Waals surface area contributed by atoms with Crippen molar-refractivity contribution >= 4 is 18.0 Å². The lowest BCUT2D eigenvalue weighted by molar-refractivity contribution is -0.143. The summed E-state index contributed by atoms with van der Waals surface area (Å²) in [6.45, 7) is 12.4. The maximum Gasteiger partial charge on any atom is 0.408 e. The number of hydrogen-bond acceptors (Lipinski definition) is 4. The highest BCUT2D eigenvalue weighted by molar-refractivity contribution is 5.89. The summed E-state index contributed by atoms with van der Waals surface area (Å²) in [6.07, 6.45) is -0.315. The molecule has 0 heterocycles. The highest BCUT2D eigenvalue weighted by Crippen LogP contribution is 2.10. The zero-order valence-electron chi connectivity index (χ0n) is 15.1. The molecule has 3 N–H and O–H groups in total. The maximum atomic E-state index is 12.4. The third kappa shape index (κ3) is 9.05. The van der Waals surface area contributed by atoms with Gasteiger partial charge in [-0.25, -0.2) is 9.59 Å². The molecular formula is C16H30N2O5. The van der Waals surface area contributed by atoms with Gasteiger partial charge in [-0.2, -0.15) is 0 Å². The lowest BCUT2D eigenvalue weighted by Crippen LogP contribution is -2.54. The molecule has 0 unspecified atom stereocenters. The van der Waals surface area contributed by atoms with Gasteiger partial charge >= 0.3 is 12.1 Å². The number of hydrogen-bond donors (Lipinski definition) is 3. The topological polar surface area (TPSA) is 105 Å². The number of rotatable bonds is 7. The Hall–Kier alpha value is -1.79. The SMILES string of the molecule is CC(C)C[C@H](NC(=O)OC(C)(C)C)C(=O)N[C@H](C(=O)O)C(C)C. The van der Waals surface area contributed by atoms with E-state index >= 15 is 0 Å². The second-order valence-corrected chi connectivity index (χ2v) is 7.40. The standard InChI is InChI=1S/C16H30N2O5/c1-9(2)8-11(17-15(22)23-16(5,6)7)13(19)18-12(10(3)4)14(20)21/h9-12H,8H2,1-7H3,(H,17,22)(H,18,19)(H,20,21)/t11-,12-/m0/s1. The molecule has 2 amide bonds. The largest absolute Gasteiger partial charge is 0.480 e. The molecule has 23 heavy (non-hydrogen) atoms. The van der Waals surface area contributed by atoms with E-state index in [1.807, 2.05) is 13.8 Å². The van der Waals surface area contributed by atoms with Crippen LogP contribution in [0.4, 0.5) is 4.79 Å². The molecule has 7 nitrogen and oxygen atoms in total. The van der Waals surface area contributed by atoms with Crippen molar-refractivity contribution in [3.63, 3.8) is 0 Å². The Morgan fingerprint density at radius 3 is 1.91 bits per heavy atom. The van der Waals surface area contributed by atoms with E-state index in [0.29, 0.717) is 6.42 Å². The van der Waals surface area contributed by atoms with Crippen LogP contribution in [0.5, 0.6) is 0 Å². The summed E-state index contributed by atoms with van der Waals surface area (Å²) in [5, 5.41) is 14.2. The molecule has 0 radical (unpaired) electrons. The molecule has 134 valence electrons. The molecule has 0 aromatic carbocycles. The van der Waals surface area contributed by atoms with E-state index in [2.05, 4.69) is 10.6 Å². The fourth-order valence-corrected chi connectivity index (χ4v) is 1.92. The molecule has 0 aliphatic carbocycles. The van der Waals surface area contributed by atoms with Crippen molar-refractivity contribution in [3.05, 3.63) is 0 Å². The Morgan fingerprint density at radius 2 is 1.57 bits per heavy atom. The van der Waals surface area contributed by atoms with Crippen LogP contribution in [0.3, 0.4) is 0 Å². The van der Waals surface area contributed by atoms with Crippen LogP contribution >= 0.6 is 0 Å². The normalized spacial score (nSPS) is 14.3. The Labute approximate surface area is 138 Å². The summed E-state index contributed by atoms with van der Waals surface area (Å²) in [5.41, 5.74) is -0.676. The predicted molar refractivity (Wildman–Crippen MR) is 87.0 cm³/mol. The minimum Gasteiger partial charge on any atom is -0.480 e. The van der Waals surface area contributed by atoms with Crippen molar-refractivity contribution in [2.75, 3.05) is 0 Å². The van der Waals surface area contributed by atoms with Crippen LogP contribution in [-0.2, 0) is 14.3 Å². The Bertz CT molecular complexity index is 427. The third-order valence-electron chi connectivity index (χ3n) is 2.95. The van der Waals surface area contributed by atoms with Crippen LogP contribution in [0.1, 0.15) is 54.9 Å². The molecule has 0 aliphatic heterocycles. The molecule has 0 aromatic rings. The van der Waals surface area contributed by atoms with Gasteiger partial charge in [-0.3, -0.25) is 4.79 Å². The van der Waals surface area contributed by atoms with E-state index in [4.69, 9.17) is 9.84 Å². The first-order valence-electron chi connectivity index (χ1n) is 7.86. The van der Waals surface area contributed by atoms with E-state index in [1.165, 1.54) is 0 Å². The van der Waals surface area contributed by atoms with Gasteiger partial charge in [-0.1, -0.05) is 27.7 Å². The van der Waals surface area contributed by atoms with Crippen molar-refractivity contribution in [2.45, 2.75) is 72.6 Å². The van der Waals surface area contributed by atoms with Gasteiger partial charge in [0.15, 0.2) is 0 Å². The van der Waals surface area contributed by atoms with E-state index in [9.17, 15) is 14.4 Å². The quantitative estimate of drug-likeness (QED) is 0.663. The van der Waals surface area contributed by atoms with Crippen molar-refractivity contribution < 1.29 is 24.2 Å². The van der Waals surface area contributed by atoms with Gasteiger partial charge in [0.2, 0.25) is 5.91 Å². The number of carbonyl (C=O) groups excluding carboxylic acids is 2. The molecule has 0 saturated heterocycles. The molecule has 2 atom stereocenters. The van der Waals surface area contributed by atoms with E-state index in [-0.39, 0.29) is 11.8 Å². The predicted octanol–water partition coefficient (Wildman–Crippen LogP) is 2.15. The first kappa shape index (κ1) is 21.2. The van der Waals surface area contributed by atoms with Gasteiger partial charge in [0.1, 0.15) is 17.7 Å². The van der Waals surface area contributed by atoms with Gasteiger partial charge in [-0.15, -0.1) is 0 Å². The van der Waals surface area contributed by atoms with Crippen LogP contribution in [0.15, 0.2) is 0 Å². The lowest BCUT2D eigenvalue weighted by atomic mass is 10.0. The number of carbonyl (C=O) groups is 3. The smallest absolute Gasteiger partial charge is 0.408 e. The Kier molecular flexibility index (Phi) is 8.06. The van der Waals surface area contributed by atoms with Crippen molar-refractivity contribution in [1.82, 2.24) is 10.6 Å². The van der Waals surface area contributed by atoms with E-state index in [1.54, 1.807) is 34.6 Å². The highest BCUT2D eigenvalue weighted by atomic mass is 16.6. The lowest BCUT2D eigenvalue weighted by Gasteiger charge is -2.26. The van der Waals surface area contributed by atoms with Crippen molar-refractivity contribution in [3.8, 4) is 0 Å². The molecule has 0 aromatic heterocycles. The van der Waals surface area contributed by atoms with Crippen LogP contribution in [-0.4, -0.2) is 40.8 Å². The van der Waals surface area contributed by atoms with Crippen molar-refractivity contribution in [1.29, 1.82) is 0 Å². The van der Waals surface area contributed by atoms with Gasteiger partial charge in [0, 0.05) is 0 Å². The molecule has 0 saturated carbocycles. The summed E-state index contributed by atoms with van der Waals surface area (Å²) in [6, 6.07) is -1.84. The number of ether oxygens (including phenoxy) is 1. The van der Waals surface area contributed by atoms with Crippen LogP contribution < -0.4 is 10.6 Å².